The molecule has 0 radical (unpaired) electrons. The normalized spacial score (nSPS) is 20.3. The third-order valence-electron chi connectivity index (χ3n) is 3.16. The minimum atomic E-state index is 0.823. The Bertz CT molecular complexity index is 132. The van der Waals surface area contributed by atoms with Crippen LogP contribution in [0.25, 0.3) is 0 Å². The zero-order valence-electron chi connectivity index (χ0n) is 9.18. The van der Waals surface area contributed by atoms with Gasteiger partial charge in [-0.1, -0.05) is 13.8 Å². The van der Waals surface area contributed by atoms with E-state index in [9.17, 15) is 0 Å². The van der Waals surface area contributed by atoms with Gasteiger partial charge in [0.2, 0.25) is 0 Å². The van der Waals surface area contributed by atoms with Gasteiger partial charge in [-0.05, 0) is 43.7 Å². The largest absolute Gasteiger partial charge is 0.385 e. The van der Waals surface area contributed by atoms with Gasteiger partial charge in [-0.25, -0.2) is 0 Å². The molecule has 1 fully saturated rings. The number of rotatable bonds is 6. The molecule has 78 valence electrons. The van der Waals surface area contributed by atoms with E-state index in [0.717, 1.165) is 24.4 Å². The molecule has 13 heavy (non-hydrogen) atoms. The monoisotopic (exact) mass is 185 g/mol. The Morgan fingerprint density at radius 1 is 1.38 bits per heavy atom. The van der Waals surface area contributed by atoms with Crippen LogP contribution in [-0.2, 0) is 4.74 Å². The Hall–Kier alpha value is -0.0800. The van der Waals surface area contributed by atoms with Crippen molar-refractivity contribution in [1.82, 2.24) is 5.32 Å². The minimum Gasteiger partial charge on any atom is -0.385 e. The zero-order chi connectivity index (χ0) is 9.68. The molecule has 1 heterocycles. The van der Waals surface area contributed by atoms with Gasteiger partial charge in [0, 0.05) is 13.7 Å². The van der Waals surface area contributed by atoms with E-state index in [0.29, 0.717) is 0 Å². The summed E-state index contributed by atoms with van der Waals surface area (Å²) in [6.07, 6.45) is 2.55. The van der Waals surface area contributed by atoms with Gasteiger partial charge in [0.15, 0.2) is 0 Å². The molecule has 1 aliphatic rings. The van der Waals surface area contributed by atoms with E-state index < -0.39 is 0 Å². The molecule has 2 heteroatoms. The second kappa shape index (κ2) is 5.61. The van der Waals surface area contributed by atoms with Gasteiger partial charge in [-0.15, -0.1) is 0 Å². The highest BCUT2D eigenvalue weighted by atomic mass is 16.5. The Morgan fingerprint density at radius 3 is 2.46 bits per heavy atom. The highest BCUT2D eigenvalue weighted by molar-refractivity contribution is 4.83. The van der Waals surface area contributed by atoms with Crippen LogP contribution in [0.15, 0.2) is 0 Å². The maximum atomic E-state index is 5.09. The molecule has 2 nitrogen and oxygen atoms in total. The molecule has 0 amide bonds. The fraction of sp³-hybridized carbons (Fsp3) is 1.00. The SMILES string of the molecule is COCCCC(C(C)C)C1CNC1. The number of hydrogen-bond acceptors (Lipinski definition) is 2. The molecule has 0 bridgehead atoms. The van der Waals surface area contributed by atoms with Crippen LogP contribution >= 0.6 is 0 Å². The molecule has 0 aromatic heterocycles. The highest BCUT2D eigenvalue weighted by Gasteiger charge is 2.28. The summed E-state index contributed by atoms with van der Waals surface area (Å²) in [5.74, 6) is 2.65. The van der Waals surface area contributed by atoms with Gasteiger partial charge in [0.05, 0.1) is 0 Å². The van der Waals surface area contributed by atoms with Gasteiger partial charge >= 0.3 is 0 Å². The summed E-state index contributed by atoms with van der Waals surface area (Å²) in [7, 11) is 1.79. The zero-order valence-corrected chi connectivity index (χ0v) is 9.18. The molecular formula is C11H23NO. The molecule has 0 aromatic rings. The lowest BCUT2D eigenvalue weighted by Crippen LogP contribution is -2.47. The van der Waals surface area contributed by atoms with Crippen LogP contribution in [0.2, 0.25) is 0 Å². The summed E-state index contributed by atoms with van der Waals surface area (Å²) in [6, 6.07) is 0. The van der Waals surface area contributed by atoms with E-state index >= 15 is 0 Å². The van der Waals surface area contributed by atoms with Crippen molar-refractivity contribution in [3.05, 3.63) is 0 Å². The number of methoxy groups -OCH3 is 1. The van der Waals surface area contributed by atoms with Crippen LogP contribution in [0.5, 0.6) is 0 Å². The average molecular weight is 185 g/mol. The van der Waals surface area contributed by atoms with E-state index in [1.54, 1.807) is 7.11 Å². The Kier molecular flexibility index (Phi) is 4.74. The lowest BCUT2D eigenvalue weighted by atomic mass is 9.77. The summed E-state index contributed by atoms with van der Waals surface area (Å²) in [5, 5.41) is 3.36. The van der Waals surface area contributed by atoms with Crippen molar-refractivity contribution in [2.75, 3.05) is 26.8 Å². The summed E-state index contributed by atoms with van der Waals surface area (Å²) in [4.78, 5) is 0. The van der Waals surface area contributed by atoms with E-state index in [1.165, 1.54) is 25.9 Å². The molecule has 0 aromatic carbocycles. The number of hydrogen-bond donors (Lipinski definition) is 1. The fourth-order valence-electron chi connectivity index (χ4n) is 2.19. The quantitative estimate of drug-likeness (QED) is 0.638. The van der Waals surface area contributed by atoms with Crippen molar-refractivity contribution >= 4 is 0 Å². The molecule has 1 saturated heterocycles. The Morgan fingerprint density at radius 2 is 2.08 bits per heavy atom. The van der Waals surface area contributed by atoms with Gasteiger partial charge < -0.3 is 10.1 Å². The van der Waals surface area contributed by atoms with Gasteiger partial charge in [-0.3, -0.25) is 0 Å². The molecule has 0 aliphatic carbocycles. The van der Waals surface area contributed by atoms with Crippen molar-refractivity contribution in [3.63, 3.8) is 0 Å². The highest BCUT2D eigenvalue weighted by Crippen LogP contribution is 2.28. The van der Waals surface area contributed by atoms with Crippen LogP contribution in [0, 0.1) is 17.8 Å². The van der Waals surface area contributed by atoms with E-state index in [4.69, 9.17) is 4.74 Å². The third kappa shape index (κ3) is 3.28. The van der Waals surface area contributed by atoms with Crippen LogP contribution in [-0.4, -0.2) is 26.8 Å². The Labute approximate surface area is 82.0 Å². The van der Waals surface area contributed by atoms with E-state index in [1.807, 2.05) is 0 Å². The first-order chi connectivity index (χ1) is 6.25. The van der Waals surface area contributed by atoms with Crippen LogP contribution in [0.1, 0.15) is 26.7 Å². The molecule has 0 spiro atoms. The smallest absolute Gasteiger partial charge is 0.0462 e. The summed E-state index contributed by atoms with van der Waals surface area (Å²) < 4.78 is 5.09. The minimum absolute atomic E-state index is 0.823. The van der Waals surface area contributed by atoms with Crippen molar-refractivity contribution in [2.45, 2.75) is 26.7 Å². The number of ether oxygens (including phenoxy) is 1. The number of nitrogens with one attached hydrogen (secondary N) is 1. The van der Waals surface area contributed by atoms with Crippen LogP contribution in [0.3, 0.4) is 0 Å². The van der Waals surface area contributed by atoms with E-state index in [2.05, 4.69) is 19.2 Å². The average Bonchev–Trinajstić information content (AvgIpc) is 1.99. The summed E-state index contributed by atoms with van der Waals surface area (Å²) >= 11 is 0. The van der Waals surface area contributed by atoms with E-state index in [-0.39, 0.29) is 0 Å². The van der Waals surface area contributed by atoms with Gasteiger partial charge in [0.1, 0.15) is 0 Å². The lowest BCUT2D eigenvalue weighted by Gasteiger charge is -2.37. The van der Waals surface area contributed by atoms with Crippen LogP contribution in [0.4, 0.5) is 0 Å². The van der Waals surface area contributed by atoms with Crippen molar-refractivity contribution in [1.29, 1.82) is 0 Å². The van der Waals surface area contributed by atoms with Crippen molar-refractivity contribution in [2.24, 2.45) is 17.8 Å². The summed E-state index contributed by atoms with van der Waals surface area (Å²) in [6.45, 7) is 8.07. The second-order valence-corrected chi connectivity index (χ2v) is 4.46. The maximum absolute atomic E-state index is 5.09. The molecule has 1 unspecified atom stereocenters. The first-order valence-electron chi connectivity index (χ1n) is 5.45. The molecule has 1 aliphatic heterocycles. The first kappa shape index (κ1) is 11.0. The molecule has 1 atom stereocenters. The molecular weight excluding hydrogens is 162 g/mol. The summed E-state index contributed by atoms with van der Waals surface area (Å²) in [5.41, 5.74) is 0. The lowest BCUT2D eigenvalue weighted by molar-refractivity contribution is 0.141. The third-order valence-corrected chi connectivity index (χ3v) is 3.16. The van der Waals surface area contributed by atoms with Crippen molar-refractivity contribution in [3.8, 4) is 0 Å². The topological polar surface area (TPSA) is 21.3 Å². The first-order valence-corrected chi connectivity index (χ1v) is 5.45. The Balaban J connectivity index is 2.21. The van der Waals surface area contributed by atoms with Gasteiger partial charge in [0.25, 0.3) is 0 Å². The fourth-order valence-corrected chi connectivity index (χ4v) is 2.19. The predicted octanol–water partition coefficient (Wildman–Crippen LogP) is 1.90. The second-order valence-electron chi connectivity index (χ2n) is 4.46. The maximum Gasteiger partial charge on any atom is 0.0462 e. The predicted molar refractivity (Wildman–Crippen MR) is 55.8 cm³/mol. The van der Waals surface area contributed by atoms with Crippen LogP contribution < -0.4 is 5.32 Å². The molecule has 1 rings (SSSR count). The van der Waals surface area contributed by atoms with Crippen molar-refractivity contribution < 1.29 is 4.74 Å². The molecule has 0 saturated carbocycles. The van der Waals surface area contributed by atoms with Gasteiger partial charge in [-0.2, -0.15) is 0 Å². The standard InChI is InChI=1S/C11H23NO/c1-9(2)11(5-4-6-13-3)10-7-12-8-10/h9-12H,4-8H2,1-3H3. The molecule has 1 N–H and O–H groups in total.